The van der Waals surface area contributed by atoms with Gasteiger partial charge in [0.15, 0.2) is 0 Å². The lowest BCUT2D eigenvalue weighted by Crippen LogP contribution is -2.36. The fraction of sp³-hybridized carbons (Fsp3) is 0.118. The molecule has 10 nitrogen and oxygen atoms in total. The SMILES string of the molecule is NC(=O)c1cc2cccc3c2c(c1C(=O)N(CCc1ccc(S(N)(=O)=O)cc1)CCc1ccc(S(N)(=O)=O)cc1)-c1ccccc1-3. The molecule has 1 aliphatic carbocycles. The number of nitrogens with two attached hydrogens (primary N) is 3. The first-order valence-corrected chi connectivity index (χ1v) is 17.4. The van der Waals surface area contributed by atoms with Crippen molar-refractivity contribution in [1.29, 1.82) is 0 Å². The molecule has 0 saturated carbocycles. The molecule has 1 aliphatic rings. The van der Waals surface area contributed by atoms with Crippen LogP contribution in [-0.4, -0.2) is 46.6 Å². The van der Waals surface area contributed by atoms with Gasteiger partial charge in [-0.3, -0.25) is 9.59 Å². The maximum absolute atomic E-state index is 14.7. The highest BCUT2D eigenvalue weighted by molar-refractivity contribution is 7.89. The molecule has 0 bridgehead atoms. The number of sulfonamides is 2. The van der Waals surface area contributed by atoms with Gasteiger partial charge in [0.25, 0.3) is 5.91 Å². The van der Waals surface area contributed by atoms with Crippen LogP contribution in [0.5, 0.6) is 0 Å². The Kier molecular flexibility index (Phi) is 7.99. The molecule has 46 heavy (non-hydrogen) atoms. The summed E-state index contributed by atoms with van der Waals surface area (Å²) in [5.41, 5.74) is 11.2. The van der Waals surface area contributed by atoms with Crippen LogP contribution in [0, 0.1) is 0 Å². The minimum absolute atomic E-state index is 0.0214. The van der Waals surface area contributed by atoms with Crippen LogP contribution in [0.1, 0.15) is 31.8 Å². The Labute approximate surface area is 266 Å². The Hall–Kier alpha value is -4.88. The van der Waals surface area contributed by atoms with Gasteiger partial charge in [0.1, 0.15) is 0 Å². The molecule has 6 rings (SSSR count). The fourth-order valence-electron chi connectivity index (χ4n) is 6.00. The zero-order valence-electron chi connectivity index (χ0n) is 24.5. The summed E-state index contributed by atoms with van der Waals surface area (Å²) in [5.74, 6) is -1.12. The van der Waals surface area contributed by atoms with E-state index < -0.39 is 26.0 Å². The molecule has 5 aromatic rings. The van der Waals surface area contributed by atoms with Crippen LogP contribution in [0.4, 0.5) is 0 Å². The van der Waals surface area contributed by atoms with Gasteiger partial charge in [0.05, 0.1) is 20.9 Å². The van der Waals surface area contributed by atoms with E-state index in [1.165, 1.54) is 24.3 Å². The molecule has 0 atom stereocenters. The van der Waals surface area contributed by atoms with E-state index in [4.69, 9.17) is 16.0 Å². The third kappa shape index (κ3) is 5.90. The topological polar surface area (TPSA) is 184 Å². The molecule has 234 valence electrons. The number of amides is 2. The molecule has 0 radical (unpaired) electrons. The summed E-state index contributed by atoms with van der Waals surface area (Å²) >= 11 is 0. The average molecular weight is 655 g/mol. The minimum Gasteiger partial charge on any atom is -0.366 e. The van der Waals surface area contributed by atoms with Gasteiger partial charge < -0.3 is 10.6 Å². The predicted octanol–water partition coefficient (Wildman–Crippen LogP) is 3.81. The smallest absolute Gasteiger partial charge is 0.255 e. The van der Waals surface area contributed by atoms with Gasteiger partial charge in [-0.15, -0.1) is 0 Å². The highest BCUT2D eigenvalue weighted by atomic mass is 32.2. The molecule has 0 aliphatic heterocycles. The maximum Gasteiger partial charge on any atom is 0.255 e. The molecular weight excluding hydrogens is 625 g/mol. The van der Waals surface area contributed by atoms with Gasteiger partial charge in [-0.2, -0.15) is 0 Å². The number of primary sulfonamides is 2. The molecule has 0 aromatic heterocycles. The zero-order chi connectivity index (χ0) is 32.8. The molecule has 0 unspecified atom stereocenters. The van der Waals surface area contributed by atoms with E-state index in [9.17, 15) is 26.4 Å². The summed E-state index contributed by atoms with van der Waals surface area (Å²) in [5, 5.41) is 12.2. The number of hydrogen-bond donors (Lipinski definition) is 3. The highest BCUT2D eigenvalue weighted by Crippen LogP contribution is 2.49. The van der Waals surface area contributed by atoms with Gasteiger partial charge >= 0.3 is 0 Å². The average Bonchev–Trinajstić information content (AvgIpc) is 3.36. The van der Waals surface area contributed by atoms with E-state index in [-0.39, 0.29) is 39.9 Å². The second-order valence-corrected chi connectivity index (χ2v) is 14.3. The normalized spacial score (nSPS) is 12.2. The number of nitrogens with zero attached hydrogens (tertiary/aromatic N) is 1. The van der Waals surface area contributed by atoms with E-state index in [2.05, 4.69) is 0 Å². The molecule has 12 heteroatoms. The van der Waals surface area contributed by atoms with E-state index >= 15 is 0 Å². The minimum atomic E-state index is -3.86. The van der Waals surface area contributed by atoms with Crippen molar-refractivity contribution in [1.82, 2.24) is 4.90 Å². The second kappa shape index (κ2) is 11.8. The first-order valence-electron chi connectivity index (χ1n) is 14.3. The summed E-state index contributed by atoms with van der Waals surface area (Å²) in [7, 11) is -7.73. The number of benzene rings is 5. The van der Waals surface area contributed by atoms with Gasteiger partial charge in [0.2, 0.25) is 26.0 Å². The third-order valence-corrected chi connectivity index (χ3v) is 10.1. The van der Waals surface area contributed by atoms with E-state index in [1.807, 2.05) is 42.5 Å². The lowest BCUT2D eigenvalue weighted by Gasteiger charge is -2.26. The van der Waals surface area contributed by atoms with E-state index in [0.29, 0.717) is 18.4 Å². The number of carbonyl (C=O) groups is 2. The molecule has 6 N–H and O–H groups in total. The Balaban J connectivity index is 1.41. The van der Waals surface area contributed by atoms with Crippen molar-refractivity contribution in [2.24, 2.45) is 16.0 Å². The summed E-state index contributed by atoms with van der Waals surface area (Å²) in [6.07, 6.45) is 0.745. The quantitative estimate of drug-likeness (QED) is 0.202. The lowest BCUT2D eigenvalue weighted by atomic mass is 9.91. The first-order chi connectivity index (χ1) is 21.8. The van der Waals surface area contributed by atoms with Crippen molar-refractivity contribution in [2.75, 3.05) is 13.1 Å². The molecule has 0 fully saturated rings. The maximum atomic E-state index is 14.7. The fourth-order valence-corrected chi connectivity index (χ4v) is 7.03. The number of carbonyl (C=O) groups excluding carboxylic acids is 2. The summed E-state index contributed by atoms with van der Waals surface area (Å²) in [6.45, 7) is 0.448. The number of fused-ring (bicyclic) bond motifs is 3. The Morgan fingerprint density at radius 2 is 1.13 bits per heavy atom. The molecule has 0 heterocycles. The van der Waals surface area contributed by atoms with Gasteiger partial charge in [-0.1, -0.05) is 66.7 Å². The Morgan fingerprint density at radius 1 is 0.630 bits per heavy atom. The monoisotopic (exact) mass is 654 g/mol. The molecule has 0 saturated heterocycles. The number of primary amides is 1. The van der Waals surface area contributed by atoms with E-state index in [0.717, 1.165) is 38.6 Å². The van der Waals surface area contributed by atoms with Gasteiger partial charge in [0, 0.05) is 18.7 Å². The molecule has 0 spiro atoms. The van der Waals surface area contributed by atoms with Crippen LogP contribution in [0.2, 0.25) is 0 Å². The lowest BCUT2D eigenvalue weighted by molar-refractivity contribution is 0.0755. The Morgan fingerprint density at radius 3 is 1.63 bits per heavy atom. The summed E-state index contributed by atoms with van der Waals surface area (Å²) < 4.78 is 46.9. The number of rotatable bonds is 10. The van der Waals surface area contributed by atoms with E-state index in [1.54, 1.807) is 35.2 Å². The standard InChI is InChI=1S/C34H30N4O6S2/c35-33(39)29-20-23-4-3-7-27-26-5-1-2-6-28(26)31(30(23)27)32(29)34(40)38(18-16-21-8-12-24(13-9-21)45(36,41)42)19-17-22-10-14-25(15-11-22)46(37,43)44/h1-15,20H,16-19H2,(H2,35,39)(H2,36,41,42)(H2,37,43,44). The van der Waals surface area contributed by atoms with Crippen molar-refractivity contribution in [2.45, 2.75) is 22.6 Å². The summed E-state index contributed by atoms with van der Waals surface area (Å²) in [6, 6.07) is 27.4. The summed E-state index contributed by atoms with van der Waals surface area (Å²) in [4.78, 5) is 29.2. The van der Waals surface area contributed by atoms with Crippen LogP contribution in [0.15, 0.2) is 107 Å². The van der Waals surface area contributed by atoms with Crippen molar-refractivity contribution in [3.8, 4) is 22.3 Å². The number of hydrogen-bond acceptors (Lipinski definition) is 6. The molecule has 2 amide bonds. The van der Waals surface area contributed by atoms with Crippen LogP contribution in [-0.2, 0) is 32.9 Å². The third-order valence-electron chi connectivity index (χ3n) is 8.26. The van der Waals surface area contributed by atoms with Gasteiger partial charge in [-0.25, -0.2) is 27.1 Å². The van der Waals surface area contributed by atoms with Crippen LogP contribution in [0.3, 0.4) is 0 Å². The highest BCUT2D eigenvalue weighted by Gasteiger charge is 2.32. The van der Waals surface area contributed by atoms with Crippen molar-refractivity contribution >= 4 is 42.6 Å². The first kappa shape index (κ1) is 31.1. The second-order valence-electron chi connectivity index (χ2n) is 11.2. The zero-order valence-corrected chi connectivity index (χ0v) is 26.1. The molecule has 5 aromatic carbocycles. The Bertz CT molecular complexity index is 2170. The van der Waals surface area contributed by atoms with Gasteiger partial charge in [-0.05, 0) is 81.8 Å². The van der Waals surface area contributed by atoms with Crippen molar-refractivity contribution in [3.63, 3.8) is 0 Å². The van der Waals surface area contributed by atoms with Crippen LogP contribution >= 0.6 is 0 Å². The van der Waals surface area contributed by atoms with Crippen molar-refractivity contribution in [3.05, 3.63) is 119 Å². The largest absolute Gasteiger partial charge is 0.366 e. The van der Waals surface area contributed by atoms with Crippen LogP contribution in [0.25, 0.3) is 33.0 Å². The predicted molar refractivity (Wildman–Crippen MR) is 176 cm³/mol. The van der Waals surface area contributed by atoms with Crippen LogP contribution < -0.4 is 16.0 Å². The van der Waals surface area contributed by atoms with Crippen molar-refractivity contribution < 1.29 is 26.4 Å². The molecular formula is C34H30N4O6S2.